The van der Waals surface area contributed by atoms with Crippen LogP contribution < -0.4 is 0 Å². The van der Waals surface area contributed by atoms with Crippen LogP contribution in [0.15, 0.2) is 36.4 Å². The summed E-state index contributed by atoms with van der Waals surface area (Å²) in [5.74, 6) is -2.71. The molecular weight excluding hydrogens is 336 g/mol. The van der Waals surface area contributed by atoms with E-state index in [-0.39, 0.29) is 15.6 Å². The smallest absolute Gasteiger partial charge is 0.188 e. The van der Waals surface area contributed by atoms with Gasteiger partial charge in [0.2, 0.25) is 0 Å². The van der Waals surface area contributed by atoms with Crippen LogP contribution in [0.2, 0.25) is 15.1 Å². The van der Waals surface area contributed by atoms with Gasteiger partial charge in [-0.1, -0.05) is 46.9 Å². The molecule has 1 atom stereocenters. The second-order valence-corrected chi connectivity index (χ2v) is 5.42. The van der Waals surface area contributed by atoms with Crippen molar-refractivity contribution in [3.63, 3.8) is 0 Å². The monoisotopic (exact) mass is 341 g/mol. The summed E-state index contributed by atoms with van der Waals surface area (Å²) in [4.78, 5) is 12.4. The molecule has 0 aliphatic rings. The summed E-state index contributed by atoms with van der Waals surface area (Å²) in [6.07, 6.45) is 0. The summed E-state index contributed by atoms with van der Waals surface area (Å²) < 4.78 is 13.8. The Morgan fingerprint density at radius 2 is 1.81 bits per heavy atom. The van der Waals surface area contributed by atoms with Crippen LogP contribution in [0.5, 0.6) is 0 Å². The minimum atomic E-state index is -1.21. The number of halogens is 4. The van der Waals surface area contributed by atoms with Crippen LogP contribution in [0, 0.1) is 17.1 Å². The Morgan fingerprint density at radius 3 is 2.38 bits per heavy atom. The van der Waals surface area contributed by atoms with E-state index in [4.69, 9.17) is 34.8 Å². The number of ketones is 1. The quantitative estimate of drug-likeness (QED) is 0.712. The molecule has 2 aromatic carbocycles. The van der Waals surface area contributed by atoms with E-state index >= 15 is 0 Å². The Bertz CT molecular complexity index is 735. The molecule has 1 unspecified atom stereocenters. The van der Waals surface area contributed by atoms with Crippen LogP contribution in [0.3, 0.4) is 0 Å². The van der Waals surface area contributed by atoms with Crippen molar-refractivity contribution in [1.82, 2.24) is 0 Å². The van der Waals surface area contributed by atoms with E-state index in [1.165, 1.54) is 30.3 Å². The Labute approximate surface area is 135 Å². The molecule has 2 nitrogen and oxygen atoms in total. The van der Waals surface area contributed by atoms with Crippen molar-refractivity contribution in [1.29, 1.82) is 5.26 Å². The zero-order valence-corrected chi connectivity index (χ0v) is 12.7. The van der Waals surface area contributed by atoms with Crippen LogP contribution in [-0.4, -0.2) is 5.78 Å². The Morgan fingerprint density at radius 1 is 1.10 bits per heavy atom. The number of nitriles is 1. The molecule has 0 spiro atoms. The lowest BCUT2D eigenvalue weighted by Crippen LogP contribution is -2.13. The first-order valence-corrected chi connectivity index (χ1v) is 6.92. The van der Waals surface area contributed by atoms with Crippen LogP contribution in [0.4, 0.5) is 4.39 Å². The van der Waals surface area contributed by atoms with Gasteiger partial charge in [0.15, 0.2) is 5.78 Å². The van der Waals surface area contributed by atoms with E-state index in [9.17, 15) is 14.4 Å². The number of carbonyl (C=O) groups excluding carboxylic acids is 1. The fourth-order valence-electron chi connectivity index (χ4n) is 1.85. The SMILES string of the molecule is N#CC(C(=O)c1c(F)cccc1Cl)c1ccc(Cl)c(Cl)c1. The molecule has 0 aliphatic carbocycles. The van der Waals surface area contributed by atoms with Gasteiger partial charge in [0.05, 0.1) is 26.7 Å². The number of hydrogen-bond acceptors (Lipinski definition) is 2. The largest absolute Gasteiger partial charge is 0.292 e. The Kier molecular flexibility index (Phi) is 4.84. The van der Waals surface area contributed by atoms with Crippen molar-refractivity contribution in [2.45, 2.75) is 5.92 Å². The molecular formula is C15H7Cl3FNO. The van der Waals surface area contributed by atoms with E-state index in [0.717, 1.165) is 6.07 Å². The summed E-state index contributed by atoms with van der Waals surface area (Å²) in [6.45, 7) is 0. The van der Waals surface area contributed by atoms with Crippen molar-refractivity contribution in [3.8, 4) is 6.07 Å². The topological polar surface area (TPSA) is 40.9 Å². The van der Waals surface area contributed by atoms with Crippen molar-refractivity contribution in [2.75, 3.05) is 0 Å². The van der Waals surface area contributed by atoms with Gasteiger partial charge in [-0.3, -0.25) is 4.79 Å². The average molecular weight is 343 g/mol. The second kappa shape index (κ2) is 6.44. The highest BCUT2D eigenvalue weighted by molar-refractivity contribution is 6.42. The van der Waals surface area contributed by atoms with Crippen LogP contribution in [0.25, 0.3) is 0 Å². The molecule has 0 bridgehead atoms. The average Bonchev–Trinajstić information content (AvgIpc) is 2.43. The van der Waals surface area contributed by atoms with E-state index in [1.54, 1.807) is 0 Å². The van der Waals surface area contributed by atoms with Crippen LogP contribution in [-0.2, 0) is 0 Å². The molecule has 21 heavy (non-hydrogen) atoms. The second-order valence-electron chi connectivity index (χ2n) is 4.20. The number of hydrogen-bond donors (Lipinski definition) is 0. The molecule has 0 radical (unpaired) electrons. The zero-order valence-electron chi connectivity index (χ0n) is 10.4. The number of Topliss-reactive ketones (excluding diaryl/α,β-unsaturated/α-hetero) is 1. The predicted molar refractivity (Wildman–Crippen MR) is 80.6 cm³/mol. The molecule has 0 amide bonds. The maximum Gasteiger partial charge on any atom is 0.188 e. The van der Waals surface area contributed by atoms with Crippen molar-refractivity contribution in [3.05, 3.63) is 68.4 Å². The molecule has 0 aromatic heterocycles. The van der Waals surface area contributed by atoms with Gasteiger partial charge < -0.3 is 0 Å². The molecule has 2 aromatic rings. The lowest BCUT2D eigenvalue weighted by Gasteiger charge is -2.11. The summed E-state index contributed by atoms with van der Waals surface area (Å²) in [5, 5.41) is 9.71. The summed E-state index contributed by atoms with van der Waals surface area (Å²) in [7, 11) is 0. The van der Waals surface area contributed by atoms with Crippen molar-refractivity contribution in [2.24, 2.45) is 0 Å². The van der Waals surface area contributed by atoms with E-state index in [2.05, 4.69) is 0 Å². The van der Waals surface area contributed by atoms with E-state index in [0.29, 0.717) is 10.6 Å². The minimum Gasteiger partial charge on any atom is -0.292 e. The molecule has 0 saturated carbocycles. The predicted octanol–water partition coefficient (Wildman–Crippen LogP) is 5.28. The van der Waals surface area contributed by atoms with Gasteiger partial charge in [0.1, 0.15) is 11.7 Å². The molecule has 0 fully saturated rings. The highest BCUT2D eigenvalue weighted by Crippen LogP contribution is 2.30. The van der Waals surface area contributed by atoms with Gasteiger partial charge in [-0.25, -0.2) is 4.39 Å². The first-order chi connectivity index (χ1) is 9.95. The lowest BCUT2D eigenvalue weighted by atomic mass is 9.91. The van der Waals surface area contributed by atoms with E-state index < -0.39 is 17.5 Å². The molecule has 0 N–H and O–H groups in total. The molecule has 2 rings (SSSR count). The van der Waals surface area contributed by atoms with Gasteiger partial charge in [0.25, 0.3) is 0 Å². The normalized spacial score (nSPS) is 11.8. The minimum absolute atomic E-state index is 0.0414. The molecule has 106 valence electrons. The van der Waals surface area contributed by atoms with Gasteiger partial charge in [-0.15, -0.1) is 0 Å². The maximum absolute atomic E-state index is 13.8. The van der Waals surface area contributed by atoms with Crippen LogP contribution >= 0.6 is 34.8 Å². The number of nitrogens with zero attached hydrogens (tertiary/aromatic N) is 1. The van der Waals surface area contributed by atoms with Crippen molar-refractivity contribution >= 4 is 40.6 Å². The fourth-order valence-corrected chi connectivity index (χ4v) is 2.42. The number of benzene rings is 2. The standard InChI is InChI=1S/C15H7Cl3FNO/c16-10-5-4-8(6-12(10)18)9(7-20)15(21)14-11(17)2-1-3-13(14)19/h1-6,9H. The Hall–Kier alpha value is -1.60. The Balaban J connectivity index is 2.49. The lowest BCUT2D eigenvalue weighted by molar-refractivity contribution is 0.0975. The molecule has 0 aliphatic heterocycles. The number of rotatable bonds is 3. The van der Waals surface area contributed by atoms with Gasteiger partial charge in [-0.05, 0) is 29.8 Å². The fraction of sp³-hybridized carbons (Fsp3) is 0.0667. The molecule has 0 saturated heterocycles. The summed E-state index contributed by atoms with van der Waals surface area (Å²) >= 11 is 17.5. The molecule has 6 heteroatoms. The first kappa shape index (κ1) is 15.8. The highest BCUT2D eigenvalue weighted by Gasteiger charge is 2.26. The maximum atomic E-state index is 13.8. The number of carbonyl (C=O) groups is 1. The highest BCUT2D eigenvalue weighted by atomic mass is 35.5. The summed E-state index contributed by atoms with van der Waals surface area (Å²) in [5.41, 5.74) is 0.0213. The van der Waals surface area contributed by atoms with Gasteiger partial charge >= 0.3 is 0 Å². The van der Waals surface area contributed by atoms with Gasteiger partial charge in [0, 0.05) is 0 Å². The van der Waals surface area contributed by atoms with Gasteiger partial charge in [-0.2, -0.15) is 5.26 Å². The summed E-state index contributed by atoms with van der Waals surface area (Å²) in [6, 6.07) is 10.1. The van der Waals surface area contributed by atoms with Crippen molar-refractivity contribution < 1.29 is 9.18 Å². The first-order valence-electron chi connectivity index (χ1n) is 5.78. The third-order valence-electron chi connectivity index (χ3n) is 2.88. The third-order valence-corrected chi connectivity index (χ3v) is 3.93. The zero-order chi connectivity index (χ0) is 15.6. The molecule has 0 heterocycles. The third kappa shape index (κ3) is 3.19. The van der Waals surface area contributed by atoms with Crippen LogP contribution in [0.1, 0.15) is 21.8 Å². The van der Waals surface area contributed by atoms with E-state index in [1.807, 2.05) is 6.07 Å².